The van der Waals surface area contributed by atoms with Gasteiger partial charge in [0.1, 0.15) is 0 Å². The molecule has 90 valence electrons. The van der Waals surface area contributed by atoms with Crippen molar-refractivity contribution in [2.45, 2.75) is 12.6 Å². The number of benzene rings is 1. The Hall–Kier alpha value is -1.67. The van der Waals surface area contributed by atoms with Crippen molar-refractivity contribution in [3.63, 3.8) is 0 Å². The highest BCUT2D eigenvalue weighted by Crippen LogP contribution is 2.31. The Morgan fingerprint density at radius 1 is 1.35 bits per heavy atom. The molecular formula is C11H7ClF3NO. The molecule has 0 saturated heterocycles. The number of amides is 1. The summed E-state index contributed by atoms with van der Waals surface area (Å²) < 4.78 is 37.3. The van der Waals surface area contributed by atoms with Gasteiger partial charge in [-0.3, -0.25) is 4.79 Å². The number of halogens is 4. The first kappa shape index (κ1) is 13.4. The van der Waals surface area contributed by atoms with E-state index in [0.29, 0.717) is 0 Å². The number of alkyl halides is 3. The molecule has 0 unspecified atom stereocenters. The van der Waals surface area contributed by atoms with E-state index >= 15 is 0 Å². The summed E-state index contributed by atoms with van der Waals surface area (Å²) in [6, 6.07) is 2.95. The molecular weight excluding hydrogens is 255 g/mol. The van der Waals surface area contributed by atoms with Gasteiger partial charge >= 0.3 is 6.18 Å². The minimum Gasteiger partial charge on any atom is -0.369 e. The van der Waals surface area contributed by atoms with E-state index in [1.165, 1.54) is 6.07 Å². The molecule has 0 atom stereocenters. The van der Waals surface area contributed by atoms with Crippen molar-refractivity contribution in [3.8, 4) is 11.8 Å². The summed E-state index contributed by atoms with van der Waals surface area (Å²) in [5.74, 6) is 4.11. The molecule has 0 heterocycles. The van der Waals surface area contributed by atoms with Crippen molar-refractivity contribution in [3.05, 3.63) is 34.3 Å². The summed E-state index contributed by atoms with van der Waals surface area (Å²) >= 11 is 5.54. The Morgan fingerprint density at radius 2 is 2.00 bits per heavy atom. The minimum atomic E-state index is -4.48. The number of carbonyl (C=O) groups is 1. The van der Waals surface area contributed by atoms with Crippen molar-refractivity contribution in [1.82, 2.24) is 0 Å². The smallest absolute Gasteiger partial charge is 0.369 e. The topological polar surface area (TPSA) is 43.1 Å². The van der Waals surface area contributed by atoms with Crippen LogP contribution in [0.4, 0.5) is 13.2 Å². The molecule has 1 rings (SSSR count). The predicted octanol–water partition coefficient (Wildman–Crippen LogP) is 2.59. The van der Waals surface area contributed by atoms with Crippen LogP contribution in [0.3, 0.4) is 0 Å². The number of hydrogen-bond acceptors (Lipinski definition) is 1. The monoisotopic (exact) mass is 261 g/mol. The van der Waals surface area contributed by atoms with Crippen molar-refractivity contribution in [2.75, 3.05) is 0 Å². The highest BCUT2D eigenvalue weighted by Gasteiger charge is 2.30. The molecule has 6 heteroatoms. The van der Waals surface area contributed by atoms with E-state index in [1.54, 1.807) is 0 Å². The second-order valence-corrected chi connectivity index (χ2v) is 3.61. The fourth-order valence-corrected chi connectivity index (χ4v) is 1.29. The third kappa shape index (κ3) is 4.37. The lowest BCUT2D eigenvalue weighted by Gasteiger charge is -2.07. The second kappa shape index (κ2) is 5.11. The Labute approximate surface area is 101 Å². The Balaban J connectivity index is 3.05. The zero-order valence-corrected chi connectivity index (χ0v) is 9.19. The Kier molecular flexibility index (Phi) is 4.02. The molecule has 0 aliphatic carbocycles. The van der Waals surface area contributed by atoms with Crippen molar-refractivity contribution >= 4 is 17.5 Å². The summed E-state index contributed by atoms with van der Waals surface area (Å²) in [5.41, 5.74) is 4.05. The molecule has 2 nitrogen and oxygen atoms in total. The van der Waals surface area contributed by atoms with Crippen molar-refractivity contribution < 1.29 is 18.0 Å². The van der Waals surface area contributed by atoms with Gasteiger partial charge in [0.15, 0.2) is 0 Å². The zero-order valence-electron chi connectivity index (χ0n) is 8.44. The molecule has 0 bridgehead atoms. The lowest BCUT2D eigenvalue weighted by Crippen LogP contribution is -2.08. The second-order valence-electron chi connectivity index (χ2n) is 3.17. The Bertz CT molecular complexity index is 500. The molecule has 0 aliphatic rings. The maximum Gasteiger partial charge on any atom is 0.416 e. The SMILES string of the molecule is NC(=O)CC#Cc1cc(Cl)cc(C(F)(F)F)c1. The van der Waals surface area contributed by atoms with Gasteiger partial charge in [0.25, 0.3) is 0 Å². The molecule has 0 aromatic heterocycles. The average Bonchev–Trinajstić information content (AvgIpc) is 2.14. The van der Waals surface area contributed by atoms with Gasteiger partial charge in [0, 0.05) is 10.6 Å². The van der Waals surface area contributed by atoms with Crippen LogP contribution in [0.1, 0.15) is 17.5 Å². The minimum absolute atomic E-state index is 0.0665. The van der Waals surface area contributed by atoms with Crippen LogP contribution in [0.15, 0.2) is 18.2 Å². The van der Waals surface area contributed by atoms with E-state index in [2.05, 4.69) is 11.8 Å². The fraction of sp³-hybridized carbons (Fsp3) is 0.182. The van der Waals surface area contributed by atoms with Crippen LogP contribution >= 0.6 is 11.6 Å². The number of hydrogen-bond donors (Lipinski definition) is 1. The van der Waals surface area contributed by atoms with Crippen LogP contribution in [-0.2, 0) is 11.0 Å². The van der Waals surface area contributed by atoms with Gasteiger partial charge < -0.3 is 5.73 Å². The van der Waals surface area contributed by atoms with Crippen LogP contribution in [0, 0.1) is 11.8 Å². The Morgan fingerprint density at radius 3 is 2.53 bits per heavy atom. The maximum atomic E-state index is 12.4. The standard InChI is InChI=1S/C11H7ClF3NO/c12-9-5-7(2-1-3-10(16)17)4-8(6-9)11(13,14)15/h4-6H,3H2,(H2,16,17). The van der Waals surface area contributed by atoms with Crippen LogP contribution in [-0.4, -0.2) is 5.91 Å². The highest BCUT2D eigenvalue weighted by atomic mass is 35.5. The normalized spacial score (nSPS) is 10.6. The maximum absolute atomic E-state index is 12.4. The summed E-state index contributed by atoms with van der Waals surface area (Å²) in [6.07, 6.45) is -4.70. The van der Waals surface area contributed by atoms with E-state index in [0.717, 1.165) is 12.1 Å². The van der Waals surface area contributed by atoms with Gasteiger partial charge in [-0.05, 0) is 18.2 Å². The third-order valence-electron chi connectivity index (χ3n) is 1.72. The van der Waals surface area contributed by atoms with Crippen LogP contribution in [0.5, 0.6) is 0 Å². The molecule has 0 aliphatic heterocycles. The quantitative estimate of drug-likeness (QED) is 0.776. The molecule has 0 saturated carbocycles. The summed E-state index contributed by atoms with van der Waals surface area (Å²) in [4.78, 5) is 10.4. The van der Waals surface area contributed by atoms with E-state index in [1.807, 2.05) is 0 Å². The summed E-state index contributed by atoms with van der Waals surface area (Å²) in [7, 11) is 0. The lowest BCUT2D eigenvalue weighted by atomic mass is 10.1. The van der Waals surface area contributed by atoms with E-state index in [-0.39, 0.29) is 17.0 Å². The predicted molar refractivity (Wildman–Crippen MR) is 57.1 cm³/mol. The molecule has 1 aromatic carbocycles. The van der Waals surface area contributed by atoms with Gasteiger partial charge in [-0.1, -0.05) is 23.4 Å². The van der Waals surface area contributed by atoms with Gasteiger partial charge in [-0.25, -0.2) is 0 Å². The summed E-state index contributed by atoms with van der Waals surface area (Å²) in [5, 5.41) is -0.0665. The van der Waals surface area contributed by atoms with Gasteiger partial charge in [0.2, 0.25) is 5.91 Å². The third-order valence-corrected chi connectivity index (χ3v) is 1.94. The first-order valence-electron chi connectivity index (χ1n) is 4.44. The van der Waals surface area contributed by atoms with Crippen molar-refractivity contribution in [2.24, 2.45) is 5.73 Å². The lowest BCUT2D eigenvalue weighted by molar-refractivity contribution is -0.137. The highest BCUT2D eigenvalue weighted by molar-refractivity contribution is 6.30. The molecule has 0 radical (unpaired) electrons. The first-order chi connectivity index (χ1) is 7.79. The molecule has 1 aromatic rings. The van der Waals surface area contributed by atoms with E-state index < -0.39 is 17.6 Å². The number of rotatable bonds is 1. The van der Waals surface area contributed by atoms with Crippen LogP contribution in [0.25, 0.3) is 0 Å². The van der Waals surface area contributed by atoms with Crippen LogP contribution in [0.2, 0.25) is 5.02 Å². The van der Waals surface area contributed by atoms with E-state index in [4.69, 9.17) is 17.3 Å². The van der Waals surface area contributed by atoms with Gasteiger partial charge in [0.05, 0.1) is 12.0 Å². The average molecular weight is 262 g/mol. The number of nitrogens with two attached hydrogens (primary N) is 1. The molecule has 17 heavy (non-hydrogen) atoms. The number of carbonyl (C=O) groups excluding carboxylic acids is 1. The fourth-order valence-electron chi connectivity index (χ4n) is 1.06. The van der Waals surface area contributed by atoms with Crippen LogP contribution < -0.4 is 5.73 Å². The van der Waals surface area contributed by atoms with E-state index in [9.17, 15) is 18.0 Å². The summed E-state index contributed by atoms with van der Waals surface area (Å²) in [6.45, 7) is 0. The van der Waals surface area contributed by atoms with Crippen molar-refractivity contribution in [1.29, 1.82) is 0 Å². The molecule has 0 spiro atoms. The molecule has 2 N–H and O–H groups in total. The molecule has 1 amide bonds. The van der Waals surface area contributed by atoms with Gasteiger partial charge in [-0.2, -0.15) is 13.2 Å². The zero-order chi connectivity index (χ0) is 13.1. The largest absolute Gasteiger partial charge is 0.416 e. The first-order valence-corrected chi connectivity index (χ1v) is 4.82. The number of primary amides is 1. The molecule has 0 fully saturated rings. The van der Waals surface area contributed by atoms with Gasteiger partial charge in [-0.15, -0.1) is 0 Å².